The maximum Gasteiger partial charge on any atom is 0.335 e. The molecule has 222 valence electrons. The molecule has 13 nitrogen and oxygen atoms in total. The summed E-state index contributed by atoms with van der Waals surface area (Å²) >= 11 is 0. The number of phenols is 3. The van der Waals surface area contributed by atoms with Gasteiger partial charge in [0, 0.05) is 35.5 Å². The summed E-state index contributed by atoms with van der Waals surface area (Å²) in [6.45, 7) is 0.510. The normalized spacial score (nSPS) is 23.2. The Morgan fingerprint density at radius 2 is 1.67 bits per heavy atom. The minimum Gasteiger partial charge on any atom is -0.508 e. The van der Waals surface area contributed by atoms with Gasteiger partial charge in [-0.15, -0.1) is 0 Å². The van der Waals surface area contributed by atoms with Gasteiger partial charge in [-0.1, -0.05) is 24.3 Å². The first-order chi connectivity index (χ1) is 20.5. The van der Waals surface area contributed by atoms with E-state index in [1.165, 1.54) is 12.1 Å². The molecule has 0 saturated carbocycles. The molecule has 6 rings (SSSR count). The number of carboxylic acid groups (broad SMARTS) is 1. The van der Waals surface area contributed by atoms with E-state index >= 15 is 0 Å². The van der Waals surface area contributed by atoms with Crippen molar-refractivity contribution in [1.29, 1.82) is 0 Å². The number of nitrogens with one attached hydrogen (secondary N) is 1. The summed E-state index contributed by atoms with van der Waals surface area (Å²) in [5, 5.41) is 74.0. The zero-order chi connectivity index (χ0) is 30.6. The van der Waals surface area contributed by atoms with Crippen LogP contribution in [0.1, 0.15) is 16.7 Å². The van der Waals surface area contributed by atoms with Gasteiger partial charge in [0.1, 0.15) is 40.8 Å². The molecule has 2 aliphatic heterocycles. The van der Waals surface area contributed by atoms with Crippen molar-refractivity contribution >= 4 is 28.7 Å². The molecule has 4 aromatic rings. The van der Waals surface area contributed by atoms with Crippen LogP contribution in [0, 0.1) is 0 Å². The molecule has 43 heavy (non-hydrogen) atoms. The van der Waals surface area contributed by atoms with Crippen molar-refractivity contribution in [1.82, 2.24) is 5.32 Å². The third-order valence-corrected chi connectivity index (χ3v) is 7.37. The van der Waals surface area contributed by atoms with Crippen LogP contribution < -0.4 is 15.5 Å². The lowest BCUT2D eigenvalue weighted by Gasteiger charge is -2.38. The van der Waals surface area contributed by atoms with Crippen molar-refractivity contribution in [2.24, 2.45) is 0 Å². The zero-order valence-corrected chi connectivity index (χ0v) is 22.0. The molecule has 0 amide bonds. The summed E-state index contributed by atoms with van der Waals surface area (Å²) in [5.74, 6) is -4.11. The van der Waals surface area contributed by atoms with Crippen LogP contribution in [-0.4, -0.2) is 72.4 Å². The van der Waals surface area contributed by atoms with Gasteiger partial charge in [0.2, 0.25) is 12.0 Å². The average Bonchev–Trinajstić information content (AvgIpc) is 2.99. The Kier molecular flexibility index (Phi) is 6.94. The van der Waals surface area contributed by atoms with E-state index in [-0.39, 0.29) is 17.1 Å². The van der Waals surface area contributed by atoms with Crippen LogP contribution in [0.5, 0.6) is 23.0 Å². The Bertz CT molecular complexity index is 1850. The molecule has 1 aromatic heterocycles. The molecule has 1 saturated heterocycles. The van der Waals surface area contributed by atoms with Crippen molar-refractivity contribution in [2.45, 2.75) is 37.3 Å². The Labute approximate surface area is 241 Å². The summed E-state index contributed by atoms with van der Waals surface area (Å²) in [6, 6.07) is 14.3. The van der Waals surface area contributed by atoms with Crippen molar-refractivity contribution < 1.29 is 54.4 Å². The molecule has 0 spiro atoms. The van der Waals surface area contributed by atoms with Crippen LogP contribution in [0.2, 0.25) is 0 Å². The predicted molar refractivity (Wildman–Crippen MR) is 149 cm³/mol. The molecule has 0 aliphatic carbocycles. The topological polar surface area (TPSA) is 219 Å². The van der Waals surface area contributed by atoms with Gasteiger partial charge < -0.3 is 55.0 Å². The number of rotatable bonds is 5. The second-order valence-corrected chi connectivity index (χ2v) is 10.1. The van der Waals surface area contributed by atoms with Crippen LogP contribution in [0.25, 0.3) is 34.1 Å². The van der Waals surface area contributed by atoms with Crippen LogP contribution in [0.15, 0.2) is 63.8 Å². The van der Waals surface area contributed by atoms with Gasteiger partial charge in [-0.3, -0.25) is 4.79 Å². The number of hydrogen-bond donors (Lipinski definition) is 8. The van der Waals surface area contributed by atoms with Crippen LogP contribution in [-0.2, 0) is 16.1 Å². The molecule has 0 unspecified atom stereocenters. The van der Waals surface area contributed by atoms with Gasteiger partial charge >= 0.3 is 5.97 Å². The smallest absolute Gasteiger partial charge is 0.335 e. The van der Waals surface area contributed by atoms with Crippen molar-refractivity contribution in [3.63, 3.8) is 0 Å². The molecule has 0 bridgehead atoms. The standard InChI is InChI=1S/C30H25NO12/c32-14-5-6-15(16(8-14)17-7-12-3-1-2-4-13(12)11-31-17)19-9-18(33)22-20(41-19)10-21(23(34)24(22)35)42-30-27(38)25(36)26(37)28(43-30)29(39)40/h1-10,25-28,30-32,34-38H,11H2,(H,39,40)/t25-,26-,27+,28-,30+/m0/s1. The number of carboxylic acids is 1. The number of phenolic OH excluding ortho intramolecular Hbond substituents is 3. The largest absolute Gasteiger partial charge is 0.508 e. The highest BCUT2D eigenvalue weighted by molar-refractivity contribution is 5.92. The van der Waals surface area contributed by atoms with Crippen LogP contribution in [0.4, 0.5) is 0 Å². The maximum absolute atomic E-state index is 13.2. The van der Waals surface area contributed by atoms with E-state index in [4.69, 9.17) is 13.9 Å². The van der Waals surface area contributed by atoms with Crippen LogP contribution in [0.3, 0.4) is 0 Å². The number of fused-ring (bicyclic) bond motifs is 2. The number of aliphatic hydroxyl groups excluding tert-OH is 3. The Hall–Kier alpha value is -5.08. The van der Waals surface area contributed by atoms with Gasteiger partial charge in [0.15, 0.2) is 23.0 Å². The number of benzene rings is 3. The summed E-state index contributed by atoms with van der Waals surface area (Å²) in [7, 11) is 0. The summed E-state index contributed by atoms with van der Waals surface area (Å²) in [4.78, 5) is 24.6. The highest BCUT2D eigenvalue weighted by atomic mass is 16.7. The Balaban J connectivity index is 1.43. The van der Waals surface area contributed by atoms with E-state index in [1.54, 1.807) is 6.07 Å². The van der Waals surface area contributed by atoms with Crippen molar-refractivity contribution in [2.75, 3.05) is 0 Å². The maximum atomic E-state index is 13.2. The minimum absolute atomic E-state index is 0.0311. The number of aromatic hydroxyl groups is 3. The first kappa shape index (κ1) is 28.1. The summed E-state index contributed by atoms with van der Waals surface area (Å²) in [6.07, 6.45) is -7.92. The predicted octanol–water partition coefficient (Wildman–Crippen LogP) is 1.45. The molecule has 1 fully saturated rings. The molecule has 3 heterocycles. The van der Waals surface area contributed by atoms with Gasteiger partial charge in [0.25, 0.3) is 0 Å². The first-order valence-electron chi connectivity index (χ1n) is 13.0. The Morgan fingerprint density at radius 1 is 0.907 bits per heavy atom. The molecular formula is C30H25NO12. The van der Waals surface area contributed by atoms with Gasteiger partial charge in [-0.05, 0) is 35.4 Å². The molecule has 5 atom stereocenters. The minimum atomic E-state index is -1.98. The molecule has 13 heteroatoms. The lowest BCUT2D eigenvalue weighted by Crippen LogP contribution is -2.61. The third-order valence-electron chi connectivity index (χ3n) is 7.37. The lowest BCUT2D eigenvalue weighted by atomic mass is 9.95. The van der Waals surface area contributed by atoms with Gasteiger partial charge in [-0.25, -0.2) is 4.79 Å². The van der Waals surface area contributed by atoms with Gasteiger partial charge in [-0.2, -0.15) is 0 Å². The van der Waals surface area contributed by atoms with E-state index in [1.807, 2.05) is 30.3 Å². The molecule has 8 N–H and O–H groups in total. The SMILES string of the molecule is O=C(O)[C@H]1O[C@@H](Oc2cc3oc(-c4ccc(O)cc4C4=Cc5ccccc5CN4)cc(=O)c3c(O)c2O)[C@H](O)[C@@H](O)[C@@H]1O. The molecule has 3 aromatic carbocycles. The fourth-order valence-corrected chi connectivity index (χ4v) is 5.14. The first-order valence-corrected chi connectivity index (χ1v) is 13.0. The molecule has 0 radical (unpaired) electrons. The average molecular weight is 592 g/mol. The number of aliphatic hydroxyl groups is 3. The number of ether oxygens (including phenoxy) is 2. The van der Waals surface area contributed by atoms with E-state index in [0.717, 1.165) is 23.3 Å². The van der Waals surface area contributed by atoms with E-state index in [0.29, 0.717) is 23.4 Å². The molecule has 2 aliphatic rings. The summed E-state index contributed by atoms with van der Waals surface area (Å²) < 4.78 is 16.5. The van der Waals surface area contributed by atoms with E-state index in [9.17, 15) is 45.3 Å². The van der Waals surface area contributed by atoms with E-state index in [2.05, 4.69) is 5.32 Å². The number of aliphatic carboxylic acids is 1. The number of hydrogen-bond acceptors (Lipinski definition) is 12. The fraction of sp³-hybridized carbons (Fsp3) is 0.200. The highest BCUT2D eigenvalue weighted by Gasteiger charge is 2.48. The second kappa shape index (κ2) is 10.6. The lowest BCUT2D eigenvalue weighted by molar-refractivity contribution is -0.271. The summed E-state index contributed by atoms with van der Waals surface area (Å²) in [5.41, 5.74) is 2.58. The quantitative estimate of drug-likeness (QED) is 0.154. The van der Waals surface area contributed by atoms with Crippen LogP contribution >= 0.6 is 0 Å². The van der Waals surface area contributed by atoms with Crippen molar-refractivity contribution in [3.8, 4) is 34.3 Å². The monoisotopic (exact) mass is 591 g/mol. The number of carbonyl (C=O) groups is 1. The second-order valence-electron chi connectivity index (χ2n) is 10.1. The van der Waals surface area contributed by atoms with Gasteiger partial charge in [0.05, 0.1) is 0 Å². The Morgan fingerprint density at radius 3 is 2.44 bits per heavy atom. The third kappa shape index (κ3) is 4.89. The highest BCUT2D eigenvalue weighted by Crippen LogP contribution is 2.43. The van der Waals surface area contributed by atoms with Crippen molar-refractivity contribution in [3.05, 3.63) is 81.5 Å². The molecular weight excluding hydrogens is 566 g/mol. The van der Waals surface area contributed by atoms with E-state index < -0.39 is 64.7 Å². The fourth-order valence-electron chi connectivity index (χ4n) is 5.14. The zero-order valence-electron chi connectivity index (χ0n) is 22.0.